The fraction of sp³-hybridized carbons (Fsp3) is 1.00. The minimum Gasteiger partial charge on any atom is -0.379 e. The molecule has 0 bridgehead atoms. The molecule has 3 heteroatoms. The first-order chi connectivity index (χ1) is 5.74. The molecule has 1 aliphatic heterocycles. The van der Waals surface area contributed by atoms with Crippen molar-refractivity contribution < 1.29 is 4.74 Å². The lowest BCUT2D eigenvalue weighted by Gasteiger charge is -2.28. The van der Waals surface area contributed by atoms with Crippen LogP contribution in [0, 0.1) is 5.92 Å². The van der Waals surface area contributed by atoms with Crippen LogP contribution >= 0.6 is 11.8 Å². The molecular weight excluding hydrogens is 170 g/mol. The minimum atomic E-state index is 0.649. The first kappa shape index (κ1) is 10.4. The van der Waals surface area contributed by atoms with E-state index in [0.717, 1.165) is 24.4 Å². The van der Waals surface area contributed by atoms with Crippen molar-refractivity contribution in [1.29, 1.82) is 0 Å². The number of ether oxygens (including phenoxy) is 1. The largest absolute Gasteiger partial charge is 0.379 e. The van der Waals surface area contributed by atoms with Crippen molar-refractivity contribution in [2.45, 2.75) is 25.1 Å². The zero-order valence-corrected chi connectivity index (χ0v) is 8.99. The third kappa shape index (κ3) is 2.96. The highest BCUT2D eigenvalue weighted by atomic mass is 32.2. The topological polar surface area (TPSA) is 21.3 Å². The normalized spacial score (nSPS) is 21.0. The Morgan fingerprint density at radius 3 is 2.50 bits per heavy atom. The maximum Gasteiger partial charge on any atom is 0.0607 e. The van der Waals surface area contributed by atoms with Gasteiger partial charge in [-0.2, -0.15) is 11.8 Å². The summed E-state index contributed by atoms with van der Waals surface area (Å²) in [6, 6.07) is 0.649. The van der Waals surface area contributed by atoms with E-state index in [0.29, 0.717) is 6.04 Å². The minimum absolute atomic E-state index is 0.649. The Bertz CT molecular complexity index is 126. The van der Waals surface area contributed by atoms with Gasteiger partial charge in [0.25, 0.3) is 0 Å². The number of thioether (sulfide) groups is 1. The summed E-state index contributed by atoms with van der Waals surface area (Å²) in [6.45, 7) is 6.44. The summed E-state index contributed by atoms with van der Waals surface area (Å²) in [7, 11) is 2.04. The molecule has 1 heterocycles. The maximum absolute atomic E-state index is 5.12. The molecule has 12 heavy (non-hydrogen) atoms. The summed E-state index contributed by atoms with van der Waals surface area (Å²) in [5, 5.41) is 4.11. The van der Waals surface area contributed by atoms with Crippen molar-refractivity contribution in [3.63, 3.8) is 0 Å². The van der Waals surface area contributed by atoms with E-state index in [1.54, 1.807) is 0 Å². The van der Waals surface area contributed by atoms with Crippen molar-refractivity contribution in [3.8, 4) is 0 Å². The number of hydrogen-bond acceptors (Lipinski definition) is 3. The predicted molar refractivity (Wildman–Crippen MR) is 54.8 cm³/mol. The Balaban J connectivity index is 2.09. The molecule has 1 unspecified atom stereocenters. The fourth-order valence-corrected chi connectivity index (χ4v) is 2.58. The van der Waals surface area contributed by atoms with Gasteiger partial charge in [-0.05, 0) is 13.0 Å². The third-order valence-electron chi connectivity index (χ3n) is 2.29. The molecule has 0 aromatic heterocycles. The van der Waals surface area contributed by atoms with E-state index in [2.05, 4.69) is 19.2 Å². The Morgan fingerprint density at radius 2 is 2.17 bits per heavy atom. The van der Waals surface area contributed by atoms with Gasteiger partial charge in [0.2, 0.25) is 0 Å². The molecule has 72 valence electrons. The van der Waals surface area contributed by atoms with Crippen LogP contribution in [-0.2, 0) is 4.74 Å². The molecule has 0 aromatic rings. The van der Waals surface area contributed by atoms with Gasteiger partial charge in [0.1, 0.15) is 0 Å². The smallest absolute Gasteiger partial charge is 0.0607 e. The lowest BCUT2D eigenvalue weighted by atomic mass is 10.1. The fourth-order valence-electron chi connectivity index (χ4n) is 1.16. The van der Waals surface area contributed by atoms with Crippen LogP contribution in [0.2, 0.25) is 0 Å². The number of nitrogens with one attached hydrogen (secondary N) is 1. The standard InChI is InChI=1S/C9H19NOS/c1-7(2)9(10-3)6-12-8-4-11-5-8/h7-10H,4-6H2,1-3H3. The molecule has 1 fully saturated rings. The van der Waals surface area contributed by atoms with Gasteiger partial charge in [0.15, 0.2) is 0 Å². The first-order valence-corrected chi connectivity index (χ1v) is 5.65. The molecule has 1 atom stereocenters. The summed E-state index contributed by atoms with van der Waals surface area (Å²) in [5.41, 5.74) is 0. The third-order valence-corrected chi connectivity index (χ3v) is 3.59. The van der Waals surface area contributed by atoms with Gasteiger partial charge in [-0.15, -0.1) is 0 Å². The lowest BCUT2D eigenvalue weighted by Crippen LogP contribution is -2.37. The highest BCUT2D eigenvalue weighted by molar-refractivity contribution is 8.00. The van der Waals surface area contributed by atoms with Crippen LogP contribution in [-0.4, -0.2) is 37.3 Å². The van der Waals surface area contributed by atoms with E-state index in [-0.39, 0.29) is 0 Å². The van der Waals surface area contributed by atoms with E-state index in [9.17, 15) is 0 Å². The molecule has 0 saturated carbocycles. The van der Waals surface area contributed by atoms with Crippen molar-refractivity contribution in [3.05, 3.63) is 0 Å². The Kier molecular flexibility index (Phi) is 4.40. The molecule has 0 aliphatic carbocycles. The van der Waals surface area contributed by atoms with Crippen LogP contribution in [0.3, 0.4) is 0 Å². The second kappa shape index (κ2) is 5.10. The van der Waals surface area contributed by atoms with Crippen molar-refractivity contribution >= 4 is 11.8 Å². The van der Waals surface area contributed by atoms with Crippen LogP contribution in [0.15, 0.2) is 0 Å². The quantitative estimate of drug-likeness (QED) is 0.705. The molecule has 0 amide bonds. The highest BCUT2D eigenvalue weighted by Crippen LogP contribution is 2.21. The zero-order chi connectivity index (χ0) is 8.97. The van der Waals surface area contributed by atoms with Gasteiger partial charge in [-0.25, -0.2) is 0 Å². The van der Waals surface area contributed by atoms with Gasteiger partial charge in [0.05, 0.1) is 18.5 Å². The van der Waals surface area contributed by atoms with Gasteiger partial charge >= 0.3 is 0 Å². The second-order valence-electron chi connectivity index (χ2n) is 3.63. The van der Waals surface area contributed by atoms with Crippen molar-refractivity contribution in [1.82, 2.24) is 5.32 Å². The van der Waals surface area contributed by atoms with E-state index in [4.69, 9.17) is 4.74 Å². The Labute approximate surface area is 79.4 Å². The maximum atomic E-state index is 5.12. The van der Waals surface area contributed by atoms with E-state index >= 15 is 0 Å². The van der Waals surface area contributed by atoms with Crippen molar-refractivity contribution in [2.24, 2.45) is 5.92 Å². The molecule has 0 aromatic carbocycles. The molecule has 0 radical (unpaired) electrons. The molecule has 1 aliphatic rings. The molecular formula is C9H19NOS. The summed E-state index contributed by atoms with van der Waals surface area (Å²) in [4.78, 5) is 0. The summed E-state index contributed by atoms with van der Waals surface area (Å²) in [5.74, 6) is 1.94. The Morgan fingerprint density at radius 1 is 1.50 bits per heavy atom. The van der Waals surface area contributed by atoms with Gasteiger partial charge in [-0.3, -0.25) is 0 Å². The van der Waals surface area contributed by atoms with Crippen LogP contribution < -0.4 is 5.32 Å². The predicted octanol–water partition coefficient (Wildman–Crippen LogP) is 1.36. The highest BCUT2D eigenvalue weighted by Gasteiger charge is 2.21. The second-order valence-corrected chi connectivity index (χ2v) is 4.97. The van der Waals surface area contributed by atoms with Crippen LogP contribution in [0.4, 0.5) is 0 Å². The average molecular weight is 189 g/mol. The molecule has 1 rings (SSSR count). The van der Waals surface area contributed by atoms with Gasteiger partial charge in [0, 0.05) is 11.8 Å². The zero-order valence-electron chi connectivity index (χ0n) is 8.17. The van der Waals surface area contributed by atoms with Crippen LogP contribution in [0.1, 0.15) is 13.8 Å². The number of hydrogen-bond donors (Lipinski definition) is 1. The Hall–Kier alpha value is 0.270. The summed E-state index contributed by atoms with van der Waals surface area (Å²) in [6.07, 6.45) is 0. The monoisotopic (exact) mass is 189 g/mol. The average Bonchev–Trinajstić information content (AvgIpc) is 1.93. The van der Waals surface area contributed by atoms with E-state index in [1.807, 2.05) is 18.8 Å². The van der Waals surface area contributed by atoms with Crippen LogP contribution in [0.25, 0.3) is 0 Å². The summed E-state index contributed by atoms with van der Waals surface area (Å²) >= 11 is 2.04. The molecule has 1 saturated heterocycles. The SMILES string of the molecule is CNC(CSC1COC1)C(C)C. The van der Waals surface area contributed by atoms with E-state index in [1.165, 1.54) is 5.75 Å². The first-order valence-electron chi connectivity index (χ1n) is 4.60. The van der Waals surface area contributed by atoms with Crippen LogP contribution in [0.5, 0.6) is 0 Å². The van der Waals surface area contributed by atoms with Gasteiger partial charge in [-0.1, -0.05) is 13.8 Å². The molecule has 0 spiro atoms. The lowest BCUT2D eigenvalue weighted by molar-refractivity contribution is 0.0454. The summed E-state index contributed by atoms with van der Waals surface area (Å²) < 4.78 is 5.12. The molecule has 1 N–H and O–H groups in total. The van der Waals surface area contributed by atoms with E-state index < -0.39 is 0 Å². The van der Waals surface area contributed by atoms with Gasteiger partial charge < -0.3 is 10.1 Å². The van der Waals surface area contributed by atoms with Crippen molar-refractivity contribution in [2.75, 3.05) is 26.0 Å². The molecule has 2 nitrogen and oxygen atoms in total. The number of rotatable bonds is 5.